The molecule has 0 saturated heterocycles. The standard InChI is InChI=1S/C32H67NO8Si3/c1-15-17-23-43(11,12)41-32(8,16-2)44(13,14)40-29(7)42(9,10)22-18-20-36-24-27(5)38-25-28(6)39-31(35)33-19-21-37-30(34)26(3)4/h27-29H,3,15-25H2,1-2,4-14H3,(H,33,35). The molecule has 12 heteroatoms. The van der Waals surface area contributed by atoms with E-state index in [0.29, 0.717) is 18.8 Å². The van der Waals surface area contributed by atoms with Gasteiger partial charge in [0.05, 0.1) is 39.2 Å². The Bertz CT molecular complexity index is 870. The Morgan fingerprint density at radius 2 is 1.55 bits per heavy atom. The highest BCUT2D eigenvalue weighted by Crippen LogP contribution is 2.36. The van der Waals surface area contributed by atoms with E-state index in [-0.39, 0.29) is 36.8 Å². The first kappa shape index (κ1) is 43.0. The number of hydrogen-bond acceptors (Lipinski definition) is 8. The van der Waals surface area contributed by atoms with Crippen molar-refractivity contribution >= 4 is 36.8 Å². The number of unbranched alkanes of at least 4 members (excludes halogenated alkanes) is 1. The van der Waals surface area contributed by atoms with Gasteiger partial charge < -0.3 is 33.1 Å². The number of nitrogens with one attached hydrogen (secondary N) is 1. The molecule has 0 aliphatic carbocycles. The van der Waals surface area contributed by atoms with E-state index in [9.17, 15) is 9.59 Å². The van der Waals surface area contributed by atoms with Crippen molar-refractivity contribution < 1.29 is 37.4 Å². The molecule has 1 N–H and O–H groups in total. The maximum absolute atomic E-state index is 11.9. The summed E-state index contributed by atoms with van der Waals surface area (Å²) >= 11 is 0. The highest BCUT2D eigenvalue weighted by Gasteiger charge is 2.49. The number of ether oxygens (including phenoxy) is 4. The normalized spacial score (nSPS) is 16.0. The topological polar surface area (TPSA) is 102 Å². The molecule has 0 aromatic heterocycles. The molecule has 0 heterocycles. The average molecular weight is 678 g/mol. The van der Waals surface area contributed by atoms with Gasteiger partial charge in [-0.05, 0) is 79.7 Å². The fourth-order valence-corrected chi connectivity index (χ4v) is 14.8. The van der Waals surface area contributed by atoms with E-state index in [1.54, 1.807) is 13.8 Å². The zero-order valence-corrected chi connectivity index (χ0v) is 33.5. The van der Waals surface area contributed by atoms with Crippen LogP contribution < -0.4 is 5.32 Å². The molecule has 0 aromatic carbocycles. The van der Waals surface area contributed by atoms with Gasteiger partial charge in [-0.15, -0.1) is 0 Å². The molecule has 4 unspecified atom stereocenters. The molecule has 0 saturated carbocycles. The minimum atomic E-state index is -2.15. The van der Waals surface area contributed by atoms with Gasteiger partial charge >= 0.3 is 12.1 Å². The fourth-order valence-electron chi connectivity index (χ4n) is 4.72. The van der Waals surface area contributed by atoms with Crippen LogP contribution in [0.5, 0.6) is 0 Å². The molecule has 9 nitrogen and oxygen atoms in total. The van der Waals surface area contributed by atoms with Gasteiger partial charge in [0.2, 0.25) is 8.32 Å². The van der Waals surface area contributed by atoms with Crippen LogP contribution >= 0.6 is 0 Å². The third-order valence-electron chi connectivity index (χ3n) is 8.49. The summed E-state index contributed by atoms with van der Waals surface area (Å²) in [6.45, 7) is 33.7. The number of carbonyl (C=O) groups is 2. The molecule has 0 rings (SSSR count). The lowest BCUT2D eigenvalue weighted by Gasteiger charge is -2.48. The summed E-state index contributed by atoms with van der Waals surface area (Å²) in [5, 5.41) is 2.35. The lowest BCUT2D eigenvalue weighted by Crippen LogP contribution is -2.62. The summed E-state index contributed by atoms with van der Waals surface area (Å²) in [7, 11) is -5.57. The Balaban J connectivity index is 4.48. The molecule has 0 spiro atoms. The van der Waals surface area contributed by atoms with Gasteiger partial charge in [-0.25, -0.2) is 9.59 Å². The third kappa shape index (κ3) is 17.0. The summed E-state index contributed by atoms with van der Waals surface area (Å²) in [5.74, 6) is -0.489. The molecule has 44 heavy (non-hydrogen) atoms. The Morgan fingerprint density at radius 3 is 2.11 bits per heavy atom. The summed E-state index contributed by atoms with van der Waals surface area (Å²) in [5.41, 5.74) is 0.554. The van der Waals surface area contributed by atoms with Gasteiger partial charge in [0.1, 0.15) is 12.7 Å². The second kappa shape index (κ2) is 20.3. The number of carbonyl (C=O) groups excluding carboxylic acids is 2. The van der Waals surface area contributed by atoms with Crippen molar-refractivity contribution in [2.45, 2.75) is 149 Å². The summed E-state index contributed by atoms with van der Waals surface area (Å²) in [4.78, 5) is 23.2. The number of alkyl carbamates (subject to hydrolysis) is 1. The molecule has 4 atom stereocenters. The first-order chi connectivity index (χ1) is 20.2. The first-order valence-corrected chi connectivity index (χ1v) is 25.9. The van der Waals surface area contributed by atoms with Gasteiger partial charge in [-0.2, -0.15) is 0 Å². The number of hydrogen-bond donors (Lipinski definition) is 1. The minimum absolute atomic E-state index is 0.0532. The maximum atomic E-state index is 11.9. The van der Waals surface area contributed by atoms with Gasteiger partial charge in [0, 0.05) is 17.9 Å². The maximum Gasteiger partial charge on any atom is 0.407 e. The SMILES string of the molecule is C=C(C)C(=O)OCCNC(=O)OC(C)COC(C)COCCC[Si](C)(C)C(C)O[Si](C)(C)C(C)(CC)O[Si](C)(C)CCCC. The minimum Gasteiger partial charge on any atom is -0.460 e. The predicted octanol–water partition coefficient (Wildman–Crippen LogP) is 7.62. The van der Waals surface area contributed by atoms with Crippen LogP contribution in [0.4, 0.5) is 4.79 Å². The number of amides is 1. The molecule has 1 amide bonds. The van der Waals surface area contributed by atoms with Crippen LogP contribution in [0.2, 0.25) is 51.4 Å². The van der Waals surface area contributed by atoms with E-state index < -0.39 is 42.9 Å². The van der Waals surface area contributed by atoms with E-state index in [1.807, 2.05) is 6.92 Å². The van der Waals surface area contributed by atoms with E-state index >= 15 is 0 Å². The molecule has 0 aromatic rings. The molecular formula is C32H67NO8Si3. The van der Waals surface area contributed by atoms with Gasteiger partial charge in [0.25, 0.3) is 0 Å². The van der Waals surface area contributed by atoms with E-state index in [2.05, 4.69) is 78.9 Å². The average Bonchev–Trinajstić information content (AvgIpc) is 2.91. The predicted molar refractivity (Wildman–Crippen MR) is 188 cm³/mol. The van der Waals surface area contributed by atoms with Crippen molar-refractivity contribution in [1.82, 2.24) is 5.32 Å². The van der Waals surface area contributed by atoms with Crippen LogP contribution in [0.1, 0.15) is 74.1 Å². The van der Waals surface area contributed by atoms with Crippen LogP contribution in [0.25, 0.3) is 0 Å². The van der Waals surface area contributed by atoms with Crippen LogP contribution in [-0.4, -0.2) is 92.9 Å². The van der Waals surface area contributed by atoms with Crippen LogP contribution in [0, 0.1) is 0 Å². The van der Waals surface area contributed by atoms with Crippen molar-refractivity contribution in [3.63, 3.8) is 0 Å². The van der Waals surface area contributed by atoms with Crippen molar-refractivity contribution in [1.29, 1.82) is 0 Å². The third-order valence-corrected chi connectivity index (χ3v) is 19.4. The highest BCUT2D eigenvalue weighted by atomic mass is 28.4. The van der Waals surface area contributed by atoms with E-state index in [4.69, 9.17) is 27.8 Å². The lowest BCUT2D eigenvalue weighted by molar-refractivity contribution is -0.138. The smallest absolute Gasteiger partial charge is 0.407 e. The summed E-state index contributed by atoms with van der Waals surface area (Å²) in [6, 6.07) is 2.32. The van der Waals surface area contributed by atoms with Crippen LogP contribution in [0.15, 0.2) is 12.2 Å². The van der Waals surface area contributed by atoms with Crippen molar-refractivity contribution in [2.24, 2.45) is 0 Å². The summed E-state index contributed by atoms with van der Waals surface area (Å²) < 4.78 is 35.9. The van der Waals surface area contributed by atoms with Gasteiger partial charge in [-0.1, -0.05) is 52.4 Å². The Kier molecular flexibility index (Phi) is 19.8. The zero-order valence-electron chi connectivity index (χ0n) is 30.5. The molecule has 0 fully saturated rings. The molecule has 0 radical (unpaired) electrons. The largest absolute Gasteiger partial charge is 0.460 e. The lowest BCUT2D eigenvalue weighted by atomic mass is 10.3. The molecule has 0 aliphatic heterocycles. The molecule has 260 valence electrons. The molecule has 0 aliphatic rings. The second-order valence-corrected chi connectivity index (χ2v) is 28.0. The van der Waals surface area contributed by atoms with Crippen LogP contribution in [-0.2, 0) is 32.6 Å². The first-order valence-electron chi connectivity index (χ1n) is 16.6. The quantitative estimate of drug-likeness (QED) is 0.0482. The summed E-state index contributed by atoms with van der Waals surface area (Å²) in [6.07, 6.45) is 3.27. The van der Waals surface area contributed by atoms with E-state index in [1.165, 1.54) is 18.9 Å². The monoisotopic (exact) mass is 677 g/mol. The van der Waals surface area contributed by atoms with Gasteiger partial charge in [-0.3, -0.25) is 0 Å². The fraction of sp³-hybridized carbons (Fsp3) is 0.875. The number of esters is 1. The Morgan fingerprint density at radius 1 is 0.909 bits per heavy atom. The van der Waals surface area contributed by atoms with Crippen LogP contribution in [0.3, 0.4) is 0 Å². The second-order valence-electron chi connectivity index (χ2n) is 14.2. The van der Waals surface area contributed by atoms with Crippen molar-refractivity contribution in [3.05, 3.63) is 12.2 Å². The highest BCUT2D eigenvalue weighted by molar-refractivity contribution is 6.81. The van der Waals surface area contributed by atoms with Crippen molar-refractivity contribution in [2.75, 3.05) is 33.0 Å². The Hall–Kier alpha value is -1.03. The van der Waals surface area contributed by atoms with E-state index in [0.717, 1.165) is 18.9 Å². The molecule has 0 bridgehead atoms. The van der Waals surface area contributed by atoms with Gasteiger partial charge in [0.15, 0.2) is 8.32 Å². The Labute approximate surface area is 272 Å². The van der Waals surface area contributed by atoms with Crippen molar-refractivity contribution in [3.8, 4) is 0 Å². The number of rotatable bonds is 24. The zero-order chi connectivity index (χ0) is 34.2. The molecular weight excluding hydrogens is 611 g/mol.